The number of nitrogens with zero attached hydrogens (tertiary/aromatic N) is 3. The van der Waals surface area contributed by atoms with Crippen molar-refractivity contribution in [3.63, 3.8) is 0 Å². The Labute approximate surface area is 211 Å². The highest BCUT2D eigenvalue weighted by Crippen LogP contribution is 2.27. The maximum Gasteiger partial charge on any atom is 0.262 e. The lowest BCUT2D eigenvalue weighted by atomic mass is 9.99. The van der Waals surface area contributed by atoms with Crippen LogP contribution >= 0.6 is 11.6 Å². The van der Waals surface area contributed by atoms with Crippen molar-refractivity contribution in [1.29, 1.82) is 0 Å². The molecule has 0 fully saturated rings. The molecule has 4 rings (SSSR count). The second-order valence-corrected chi connectivity index (χ2v) is 9.20. The Bertz CT molecular complexity index is 1280. The number of aromatic nitrogens is 3. The molecule has 1 amide bonds. The third-order valence-corrected chi connectivity index (χ3v) is 6.47. The van der Waals surface area contributed by atoms with Crippen LogP contribution in [0.5, 0.6) is 5.75 Å². The van der Waals surface area contributed by atoms with Crippen molar-refractivity contribution in [1.82, 2.24) is 15.0 Å². The highest BCUT2D eigenvalue weighted by Gasteiger charge is 2.13. The van der Waals surface area contributed by atoms with E-state index in [-0.39, 0.29) is 12.5 Å². The number of nitrogens with one attached hydrogen (secondary N) is 1. The lowest BCUT2D eigenvalue weighted by Gasteiger charge is -2.11. The molecule has 182 valence electrons. The Hall–Kier alpha value is -3.38. The minimum absolute atomic E-state index is 0.117. The van der Waals surface area contributed by atoms with Gasteiger partial charge in [-0.15, -0.1) is 10.2 Å². The van der Waals surface area contributed by atoms with Gasteiger partial charge in [0.2, 0.25) is 0 Å². The van der Waals surface area contributed by atoms with Crippen molar-refractivity contribution < 1.29 is 9.53 Å². The number of benzene rings is 3. The number of carbonyl (C=O) groups is 1. The van der Waals surface area contributed by atoms with Gasteiger partial charge in [-0.05, 0) is 72.7 Å². The number of hydrogen-bond acceptors (Lipinski definition) is 4. The summed E-state index contributed by atoms with van der Waals surface area (Å²) >= 11 is 6.42. The van der Waals surface area contributed by atoms with Crippen molar-refractivity contribution in [3.8, 4) is 11.4 Å². The summed E-state index contributed by atoms with van der Waals surface area (Å²) in [7, 11) is 0. The molecular weight excluding hydrogens is 460 g/mol. The zero-order chi connectivity index (χ0) is 24.8. The number of aryl methyl sites for hydroxylation is 1. The van der Waals surface area contributed by atoms with Gasteiger partial charge in [-0.3, -0.25) is 4.79 Å². The molecule has 1 heterocycles. The fourth-order valence-corrected chi connectivity index (χ4v) is 3.99. The molecule has 0 aliphatic heterocycles. The molecule has 0 saturated heterocycles. The molecule has 3 aromatic carbocycles. The Morgan fingerprint density at radius 2 is 1.71 bits per heavy atom. The SMILES string of the molecule is CCCCc1ccc(-n2nc3cc(Cl)c(NC(=O)COc4ccc([C@H](C)CC)cc4)cc3n2)cc1. The summed E-state index contributed by atoms with van der Waals surface area (Å²) in [6.07, 6.45) is 4.49. The van der Waals surface area contributed by atoms with Crippen LogP contribution < -0.4 is 10.1 Å². The number of halogens is 1. The van der Waals surface area contributed by atoms with Crippen LogP contribution in [-0.2, 0) is 11.2 Å². The molecule has 35 heavy (non-hydrogen) atoms. The van der Waals surface area contributed by atoms with Gasteiger partial charge in [0.05, 0.1) is 16.4 Å². The van der Waals surface area contributed by atoms with Crippen LogP contribution in [0.1, 0.15) is 57.1 Å². The van der Waals surface area contributed by atoms with Crippen molar-refractivity contribution >= 4 is 34.2 Å². The largest absolute Gasteiger partial charge is 0.484 e. The lowest BCUT2D eigenvalue weighted by Crippen LogP contribution is -2.20. The summed E-state index contributed by atoms with van der Waals surface area (Å²) in [6.45, 7) is 6.42. The zero-order valence-corrected chi connectivity index (χ0v) is 21.2. The van der Waals surface area contributed by atoms with Gasteiger partial charge in [-0.25, -0.2) is 0 Å². The van der Waals surface area contributed by atoms with Crippen LogP contribution in [0.25, 0.3) is 16.7 Å². The molecule has 0 spiro atoms. The van der Waals surface area contributed by atoms with Gasteiger partial charge in [0.1, 0.15) is 16.8 Å². The first-order valence-corrected chi connectivity index (χ1v) is 12.5. The van der Waals surface area contributed by atoms with Crippen LogP contribution in [0, 0.1) is 0 Å². The average molecular weight is 491 g/mol. The van der Waals surface area contributed by atoms with E-state index in [1.54, 1.807) is 16.9 Å². The molecule has 0 aliphatic carbocycles. The van der Waals surface area contributed by atoms with Gasteiger partial charge >= 0.3 is 0 Å². The van der Waals surface area contributed by atoms with Gasteiger partial charge < -0.3 is 10.1 Å². The van der Waals surface area contributed by atoms with Gasteiger partial charge in [-0.2, -0.15) is 4.80 Å². The number of anilines is 1. The topological polar surface area (TPSA) is 69.0 Å². The van der Waals surface area contributed by atoms with Crippen molar-refractivity contribution in [2.24, 2.45) is 0 Å². The minimum atomic E-state index is -0.299. The van der Waals surface area contributed by atoms with Crippen molar-refractivity contribution in [3.05, 3.63) is 76.8 Å². The highest BCUT2D eigenvalue weighted by molar-refractivity contribution is 6.34. The Morgan fingerprint density at radius 1 is 1.03 bits per heavy atom. The number of rotatable bonds is 10. The van der Waals surface area contributed by atoms with E-state index >= 15 is 0 Å². The predicted molar refractivity (Wildman–Crippen MR) is 142 cm³/mol. The Kier molecular flexibility index (Phi) is 8.03. The van der Waals surface area contributed by atoms with Gasteiger partial charge in [0.25, 0.3) is 5.91 Å². The number of hydrogen-bond donors (Lipinski definition) is 1. The van der Waals surface area contributed by atoms with Gasteiger partial charge in [0.15, 0.2) is 6.61 Å². The fraction of sp³-hybridized carbons (Fsp3) is 0.321. The van der Waals surface area contributed by atoms with Crippen LogP contribution in [-0.4, -0.2) is 27.5 Å². The quantitative estimate of drug-likeness (QED) is 0.261. The normalized spacial score (nSPS) is 12.0. The molecule has 0 bridgehead atoms. The van der Waals surface area contributed by atoms with Crippen LogP contribution in [0.15, 0.2) is 60.7 Å². The standard InChI is InChI=1S/C28H31ClN4O2/c1-4-6-7-20-8-12-22(13-9-20)33-31-26-16-24(29)25(17-27(26)32-33)30-28(34)18-35-23-14-10-21(11-15-23)19(3)5-2/h8-17,19H,4-7,18H2,1-3H3,(H,30,34)/t19-/m1/s1. The summed E-state index contributed by atoms with van der Waals surface area (Å²) in [5.74, 6) is 0.845. The maximum absolute atomic E-state index is 12.5. The fourth-order valence-electron chi connectivity index (χ4n) is 3.79. The monoisotopic (exact) mass is 490 g/mol. The van der Waals surface area contributed by atoms with E-state index in [1.807, 2.05) is 36.4 Å². The van der Waals surface area contributed by atoms with Crippen LogP contribution in [0.3, 0.4) is 0 Å². The van der Waals surface area contributed by atoms with Crippen LogP contribution in [0.4, 0.5) is 5.69 Å². The Balaban J connectivity index is 1.41. The van der Waals surface area contributed by atoms with E-state index < -0.39 is 0 Å². The summed E-state index contributed by atoms with van der Waals surface area (Å²) in [5, 5.41) is 12.3. The van der Waals surface area contributed by atoms with E-state index in [4.69, 9.17) is 16.3 Å². The second-order valence-electron chi connectivity index (χ2n) is 8.80. The van der Waals surface area contributed by atoms with E-state index in [1.165, 1.54) is 24.0 Å². The van der Waals surface area contributed by atoms with Gasteiger partial charge in [-0.1, -0.05) is 63.1 Å². The molecule has 4 aromatic rings. The second kappa shape index (κ2) is 11.4. The number of unbranched alkanes of at least 4 members (excludes halogenated alkanes) is 1. The third-order valence-electron chi connectivity index (χ3n) is 6.16. The average Bonchev–Trinajstić information content (AvgIpc) is 3.29. The van der Waals surface area contributed by atoms with E-state index in [0.29, 0.717) is 33.4 Å². The van der Waals surface area contributed by atoms with Gasteiger partial charge in [0, 0.05) is 0 Å². The summed E-state index contributed by atoms with van der Waals surface area (Å²) in [6, 6.07) is 19.5. The first-order valence-electron chi connectivity index (χ1n) is 12.1. The summed E-state index contributed by atoms with van der Waals surface area (Å²) in [5.41, 5.74) is 5.19. The first kappa shape index (κ1) is 24.7. The molecule has 7 heteroatoms. The minimum Gasteiger partial charge on any atom is -0.484 e. The summed E-state index contributed by atoms with van der Waals surface area (Å²) < 4.78 is 5.64. The number of carbonyl (C=O) groups excluding carboxylic acids is 1. The number of amides is 1. The zero-order valence-electron chi connectivity index (χ0n) is 20.4. The molecule has 0 radical (unpaired) electrons. The molecule has 0 aliphatic rings. The lowest BCUT2D eigenvalue weighted by molar-refractivity contribution is -0.118. The first-order chi connectivity index (χ1) is 17.0. The van der Waals surface area contributed by atoms with E-state index in [2.05, 4.69) is 48.4 Å². The molecule has 1 aromatic heterocycles. The number of ether oxygens (including phenoxy) is 1. The molecule has 6 nitrogen and oxygen atoms in total. The third kappa shape index (κ3) is 6.20. The predicted octanol–water partition coefficient (Wildman–Crippen LogP) is 6.95. The molecular formula is C28H31ClN4O2. The van der Waals surface area contributed by atoms with Crippen LogP contribution in [0.2, 0.25) is 5.02 Å². The summed E-state index contributed by atoms with van der Waals surface area (Å²) in [4.78, 5) is 14.1. The van der Waals surface area contributed by atoms with Crippen molar-refractivity contribution in [2.75, 3.05) is 11.9 Å². The van der Waals surface area contributed by atoms with E-state index in [0.717, 1.165) is 18.5 Å². The maximum atomic E-state index is 12.5. The molecule has 0 unspecified atom stereocenters. The highest BCUT2D eigenvalue weighted by atomic mass is 35.5. The smallest absolute Gasteiger partial charge is 0.262 e. The number of fused-ring (bicyclic) bond motifs is 1. The molecule has 1 N–H and O–H groups in total. The van der Waals surface area contributed by atoms with E-state index in [9.17, 15) is 4.79 Å². The Morgan fingerprint density at radius 3 is 2.37 bits per heavy atom. The molecule has 0 saturated carbocycles. The molecule has 1 atom stereocenters. The van der Waals surface area contributed by atoms with Crippen molar-refractivity contribution in [2.45, 2.75) is 52.4 Å².